The monoisotopic (exact) mass is 193 g/mol. The van der Waals surface area contributed by atoms with Crippen LogP contribution in [-0.4, -0.2) is 27.3 Å². The Labute approximate surface area is 74.0 Å². The number of nitrogens with zero attached hydrogens (tertiary/aromatic N) is 1. The minimum Gasteiger partial charge on any atom is -0.481 e. The lowest BCUT2D eigenvalue weighted by Gasteiger charge is -1.96. The van der Waals surface area contributed by atoms with Crippen molar-refractivity contribution in [2.24, 2.45) is 0 Å². The van der Waals surface area contributed by atoms with Crippen LogP contribution >= 0.6 is 11.8 Å². The predicted octanol–water partition coefficient (Wildman–Crippen LogP) is 0.380. The average molecular weight is 194 g/mol. The van der Waals surface area contributed by atoms with E-state index in [1.165, 1.54) is 0 Å². The molecule has 0 saturated carbocycles. The Kier molecular flexibility index (Phi) is 4.28. The van der Waals surface area contributed by atoms with Crippen LogP contribution < -0.4 is 0 Å². The van der Waals surface area contributed by atoms with Crippen LogP contribution in [0.1, 0.15) is 19.8 Å². The molecule has 0 aromatic rings. The highest BCUT2D eigenvalue weighted by Gasteiger charge is 2.26. The van der Waals surface area contributed by atoms with Crippen molar-refractivity contribution in [1.82, 2.24) is 4.42 Å². The summed E-state index contributed by atoms with van der Waals surface area (Å²) >= 11 is 5.15. The topological polar surface area (TPSA) is 74.7 Å². The summed E-state index contributed by atoms with van der Waals surface area (Å²) in [5.41, 5.74) is 0. The Morgan fingerprint density at radius 2 is 1.67 bits per heavy atom. The van der Waals surface area contributed by atoms with Gasteiger partial charge in [0.05, 0.1) is 0 Å². The van der Waals surface area contributed by atoms with E-state index in [1.807, 2.05) is 0 Å². The van der Waals surface area contributed by atoms with Crippen LogP contribution in [-0.2, 0) is 14.4 Å². The Bertz CT molecular complexity index is 196. The van der Waals surface area contributed by atoms with E-state index in [9.17, 15) is 9.59 Å². The van der Waals surface area contributed by atoms with Crippen molar-refractivity contribution in [3.8, 4) is 0 Å². The van der Waals surface area contributed by atoms with Gasteiger partial charge >= 0.3 is 0 Å². The number of halogens is 1. The number of carbonyl (C=O) groups excluding carboxylic acids is 2. The number of aliphatic carboxylic acids is 1. The third kappa shape index (κ3) is 3.92. The Balaban J connectivity index is 0.000000261. The van der Waals surface area contributed by atoms with Crippen molar-refractivity contribution in [2.45, 2.75) is 19.8 Å². The van der Waals surface area contributed by atoms with Crippen molar-refractivity contribution in [3.63, 3.8) is 0 Å². The van der Waals surface area contributed by atoms with Gasteiger partial charge in [0.25, 0.3) is 5.97 Å². The number of rotatable bonds is 0. The molecule has 0 spiro atoms. The van der Waals surface area contributed by atoms with Crippen molar-refractivity contribution in [1.29, 1.82) is 0 Å². The molecule has 0 aromatic carbocycles. The van der Waals surface area contributed by atoms with Gasteiger partial charge in [0, 0.05) is 31.5 Å². The molecule has 5 nitrogen and oxygen atoms in total. The molecule has 12 heavy (non-hydrogen) atoms. The molecule has 1 heterocycles. The maximum absolute atomic E-state index is 10.4. The molecule has 1 N–H and O–H groups in total. The second kappa shape index (κ2) is 4.71. The standard InChI is InChI=1S/C4H4ClNO2.C2H4O2/c5-6-3(7)1-2-4(6)8;1-2(3)4/h1-2H2;1H3,(H,3,4). The fourth-order valence-electron chi connectivity index (χ4n) is 0.549. The number of carboxylic acids is 1. The van der Waals surface area contributed by atoms with E-state index in [1.54, 1.807) is 0 Å². The molecule has 68 valence electrons. The van der Waals surface area contributed by atoms with Gasteiger partial charge in [-0.25, -0.2) is 0 Å². The van der Waals surface area contributed by atoms with E-state index in [-0.39, 0.29) is 24.7 Å². The fraction of sp³-hybridized carbons (Fsp3) is 0.500. The summed E-state index contributed by atoms with van der Waals surface area (Å²) in [6, 6.07) is 0. The van der Waals surface area contributed by atoms with Crippen molar-refractivity contribution >= 4 is 29.6 Å². The Morgan fingerprint density at radius 3 is 1.75 bits per heavy atom. The minimum atomic E-state index is -0.833. The molecule has 1 aliphatic rings. The van der Waals surface area contributed by atoms with E-state index in [2.05, 4.69) is 0 Å². The zero-order valence-electron chi connectivity index (χ0n) is 6.41. The molecule has 1 fully saturated rings. The third-order valence-electron chi connectivity index (χ3n) is 0.991. The van der Waals surface area contributed by atoms with Gasteiger partial charge in [-0.15, -0.1) is 0 Å². The second-order valence-electron chi connectivity index (χ2n) is 2.09. The van der Waals surface area contributed by atoms with E-state index in [4.69, 9.17) is 21.7 Å². The quantitative estimate of drug-likeness (QED) is 0.446. The molecule has 2 amide bonds. The lowest BCUT2D eigenvalue weighted by molar-refractivity contribution is -0.135. The van der Waals surface area contributed by atoms with Gasteiger partial charge in [-0.3, -0.25) is 14.4 Å². The summed E-state index contributed by atoms with van der Waals surface area (Å²) in [5.74, 6) is -1.42. The highest BCUT2D eigenvalue weighted by molar-refractivity contribution is 6.32. The Hall–Kier alpha value is -1.10. The van der Waals surface area contributed by atoms with Crippen LogP contribution in [0.3, 0.4) is 0 Å². The molecule has 0 aliphatic carbocycles. The van der Waals surface area contributed by atoms with E-state index < -0.39 is 5.97 Å². The van der Waals surface area contributed by atoms with Gasteiger partial charge in [-0.1, -0.05) is 0 Å². The van der Waals surface area contributed by atoms with Crippen LogP contribution in [0.5, 0.6) is 0 Å². The van der Waals surface area contributed by atoms with Gasteiger partial charge in [0.1, 0.15) is 0 Å². The van der Waals surface area contributed by atoms with Gasteiger partial charge in [0.2, 0.25) is 11.8 Å². The number of carbonyl (C=O) groups is 3. The number of amides is 2. The summed E-state index contributed by atoms with van der Waals surface area (Å²) in [4.78, 5) is 29.7. The first-order chi connectivity index (χ1) is 5.45. The maximum Gasteiger partial charge on any atom is 0.300 e. The lowest BCUT2D eigenvalue weighted by atomic mass is 10.4. The molecule has 0 radical (unpaired) electrons. The third-order valence-corrected chi connectivity index (χ3v) is 1.37. The predicted molar refractivity (Wildman–Crippen MR) is 40.2 cm³/mol. The summed E-state index contributed by atoms with van der Waals surface area (Å²) in [6.45, 7) is 1.08. The summed E-state index contributed by atoms with van der Waals surface area (Å²) in [5, 5.41) is 7.42. The average Bonchev–Trinajstić information content (AvgIpc) is 2.19. The molecule has 0 atom stereocenters. The molecule has 0 unspecified atom stereocenters. The van der Waals surface area contributed by atoms with Crippen molar-refractivity contribution in [3.05, 3.63) is 0 Å². The fourth-order valence-corrected chi connectivity index (χ4v) is 0.718. The van der Waals surface area contributed by atoms with Crippen LogP contribution in [0, 0.1) is 0 Å². The zero-order valence-corrected chi connectivity index (χ0v) is 7.17. The SMILES string of the molecule is CC(=O)O.O=C1CCC(=O)N1Cl. The Morgan fingerprint density at radius 1 is 1.42 bits per heavy atom. The van der Waals surface area contributed by atoms with Crippen LogP contribution in [0.4, 0.5) is 0 Å². The zero-order chi connectivity index (χ0) is 9.72. The normalized spacial score (nSPS) is 15.7. The number of carboxylic acid groups (broad SMARTS) is 1. The second-order valence-corrected chi connectivity index (χ2v) is 2.43. The van der Waals surface area contributed by atoms with E-state index in [0.717, 1.165) is 6.92 Å². The minimum absolute atomic E-state index is 0.266. The highest BCUT2D eigenvalue weighted by atomic mass is 35.5. The molecule has 1 aliphatic heterocycles. The first kappa shape index (κ1) is 10.9. The molecule has 1 rings (SSSR count). The van der Waals surface area contributed by atoms with Crippen LogP contribution in [0.25, 0.3) is 0 Å². The summed E-state index contributed by atoms with van der Waals surface area (Å²) < 4.78 is 0.639. The highest BCUT2D eigenvalue weighted by Crippen LogP contribution is 2.12. The molecule has 1 saturated heterocycles. The van der Waals surface area contributed by atoms with Crippen molar-refractivity contribution in [2.75, 3.05) is 0 Å². The number of hydrogen-bond donors (Lipinski definition) is 1. The van der Waals surface area contributed by atoms with Crippen LogP contribution in [0.15, 0.2) is 0 Å². The van der Waals surface area contributed by atoms with Crippen molar-refractivity contribution < 1.29 is 19.5 Å². The molecular formula is C6H8ClNO4. The van der Waals surface area contributed by atoms with E-state index >= 15 is 0 Å². The van der Waals surface area contributed by atoms with Gasteiger partial charge in [-0.2, -0.15) is 4.42 Å². The van der Waals surface area contributed by atoms with E-state index in [0.29, 0.717) is 4.42 Å². The molecule has 0 bridgehead atoms. The first-order valence-electron chi connectivity index (χ1n) is 3.16. The van der Waals surface area contributed by atoms with Gasteiger partial charge in [-0.05, 0) is 0 Å². The molecule has 6 heteroatoms. The molecule has 0 aromatic heterocycles. The largest absolute Gasteiger partial charge is 0.481 e. The number of hydrogen-bond acceptors (Lipinski definition) is 3. The first-order valence-corrected chi connectivity index (χ1v) is 3.50. The van der Waals surface area contributed by atoms with Gasteiger partial charge in [0.15, 0.2) is 0 Å². The van der Waals surface area contributed by atoms with Gasteiger partial charge < -0.3 is 5.11 Å². The smallest absolute Gasteiger partial charge is 0.300 e. The maximum atomic E-state index is 10.4. The number of imide groups is 1. The molecular weight excluding hydrogens is 186 g/mol. The lowest BCUT2D eigenvalue weighted by Crippen LogP contribution is -2.16. The summed E-state index contributed by atoms with van der Waals surface area (Å²) in [6.07, 6.45) is 0.532. The summed E-state index contributed by atoms with van der Waals surface area (Å²) in [7, 11) is 0. The van der Waals surface area contributed by atoms with Crippen LogP contribution in [0.2, 0.25) is 0 Å².